The van der Waals surface area contributed by atoms with Gasteiger partial charge in [-0.25, -0.2) is 0 Å². The van der Waals surface area contributed by atoms with E-state index in [-0.39, 0.29) is 11.8 Å². The van der Waals surface area contributed by atoms with Gasteiger partial charge in [-0.2, -0.15) is 0 Å². The van der Waals surface area contributed by atoms with Gasteiger partial charge in [0, 0.05) is 21.7 Å². The second-order valence-corrected chi connectivity index (χ2v) is 7.88. The van der Waals surface area contributed by atoms with E-state index < -0.39 is 12.1 Å². The summed E-state index contributed by atoms with van der Waals surface area (Å²) in [5, 5.41) is 3.40. The number of halogens is 1. The number of hydrogen-bond donors (Lipinski definition) is 2. The van der Waals surface area contributed by atoms with Crippen LogP contribution in [-0.4, -0.2) is 43.0 Å². The molecule has 0 unspecified atom stereocenters. The molecule has 0 aromatic heterocycles. The molecule has 1 aliphatic rings. The Labute approximate surface area is 196 Å². The number of amides is 2. The van der Waals surface area contributed by atoms with Crippen molar-refractivity contribution in [3.8, 4) is 11.5 Å². The number of benzene rings is 3. The maximum Gasteiger partial charge on any atom is 0.304 e. The van der Waals surface area contributed by atoms with Crippen LogP contribution in [0.5, 0.6) is 11.5 Å². The molecule has 0 spiro atoms. The summed E-state index contributed by atoms with van der Waals surface area (Å²) in [6, 6.07) is 20.2. The molecule has 4 rings (SSSR count). The van der Waals surface area contributed by atoms with Crippen molar-refractivity contribution in [3.05, 3.63) is 94.5 Å². The molecule has 3 aromatic rings. The molecule has 1 fully saturated rings. The highest BCUT2D eigenvalue weighted by Crippen LogP contribution is 2.29. The minimum atomic E-state index is -0.813. The van der Waals surface area contributed by atoms with E-state index in [9.17, 15) is 9.59 Å². The Morgan fingerprint density at radius 2 is 1.70 bits per heavy atom. The zero-order valence-corrected chi connectivity index (χ0v) is 18.9. The van der Waals surface area contributed by atoms with Crippen LogP contribution in [-0.2, 0) is 4.79 Å². The van der Waals surface area contributed by atoms with Gasteiger partial charge in [-0.15, -0.1) is 10.1 Å². The zero-order valence-electron chi connectivity index (χ0n) is 18.1. The van der Waals surface area contributed by atoms with Crippen LogP contribution in [0.3, 0.4) is 0 Å². The summed E-state index contributed by atoms with van der Waals surface area (Å²) >= 11 is 5.93. The van der Waals surface area contributed by atoms with E-state index in [1.807, 2.05) is 42.5 Å². The third kappa shape index (κ3) is 4.83. The Kier molecular flexibility index (Phi) is 6.60. The third-order valence-electron chi connectivity index (χ3n) is 5.37. The SMILES string of the molecule is COc1ccc(/C=[N+]2\NC(=O)[C@@H](NC(=O)c3ccc(Cl)cc3)[C@@H]2c2ccccc2)cc1OC. The number of hydrazine groups is 1. The Bertz CT molecular complexity index is 1200. The molecule has 0 aliphatic carbocycles. The molecule has 0 radical (unpaired) electrons. The van der Waals surface area contributed by atoms with E-state index in [2.05, 4.69) is 10.7 Å². The molecule has 2 amide bonds. The summed E-state index contributed by atoms with van der Waals surface area (Å²) in [6.45, 7) is 0. The molecule has 33 heavy (non-hydrogen) atoms. The molecule has 0 saturated carbocycles. The summed E-state index contributed by atoms with van der Waals surface area (Å²) in [4.78, 5) is 25.8. The van der Waals surface area contributed by atoms with Crippen LogP contribution in [0, 0.1) is 0 Å². The number of rotatable bonds is 6. The van der Waals surface area contributed by atoms with Gasteiger partial charge in [0.05, 0.1) is 14.2 Å². The second-order valence-electron chi connectivity index (χ2n) is 7.44. The zero-order chi connectivity index (χ0) is 23.4. The van der Waals surface area contributed by atoms with Crippen LogP contribution in [0.15, 0.2) is 72.8 Å². The van der Waals surface area contributed by atoms with Crippen molar-refractivity contribution in [1.29, 1.82) is 0 Å². The van der Waals surface area contributed by atoms with E-state index in [0.29, 0.717) is 22.1 Å². The summed E-state index contributed by atoms with van der Waals surface area (Å²) in [5.41, 5.74) is 4.94. The van der Waals surface area contributed by atoms with Gasteiger partial charge in [0.1, 0.15) is 0 Å². The monoisotopic (exact) mass is 464 g/mol. The first-order valence-electron chi connectivity index (χ1n) is 10.3. The van der Waals surface area contributed by atoms with E-state index in [1.165, 1.54) is 0 Å². The molecule has 2 N–H and O–H groups in total. The van der Waals surface area contributed by atoms with Gasteiger partial charge >= 0.3 is 5.91 Å². The number of ether oxygens (including phenoxy) is 2. The lowest BCUT2D eigenvalue weighted by Crippen LogP contribution is -2.42. The van der Waals surface area contributed by atoms with Crippen LogP contribution in [0.2, 0.25) is 5.02 Å². The summed E-state index contributed by atoms with van der Waals surface area (Å²) in [6.07, 6.45) is 1.80. The van der Waals surface area contributed by atoms with Crippen molar-refractivity contribution in [3.63, 3.8) is 0 Å². The molecule has 7 nitrogen and oxygen atoms in total. The van der Waals surface area contributed by atoms with Gasteiger partial charge in [-0.1, -0.05) is 41.9 Å². The normalized spacial score (nSPS) is 18.6. The number of carbonyl (C=O) groups is 2. The Morgan fingerprint density at radius 1 is 1.00 bits per heavy atom. The molecule has 1 heterocycles. The van der Waals surface area contributed by atoms with E-state index in [4.69, 9.17) is 21.1 Å². The fourth-order valence-corrected chi connectivity index (χ4v) is 3.88. The van der Waals surface area contributed by atoms with Crippen molar-refractivity contribution in [1.82, 2.24) is 10.7 Å². The average molecular weight is 465 g/mol. The van der Waals surface area contributed by atoms with Gasteiger partial charge < -0.3 is 14.8 Å². The van der Waals surface area contributed by atoms with Crippen molar-refractivity contribution >= 4 is 29.6 Å². The Morgan fingerprint density at radius 3 is 2.36 bits per heavy atom. The molecule has 1 saturated heterocycles. The van der Waals surface area contributed by atoms with Crippen molar-refractivity contribution < 1.29 is 23.7 Å². The number of hydrazone groups is 1. The largest absolute Gasteiger partial charge is 0.493 e. The van der Waals surface area contributed by atoms with Gasteiger partial charge in [-0.05, 0) is 42.5 Å². The molecular formula is C25H23ClN3O4+. The molecule has 2 atom stereocenters. The van der Waals surface area contributed by atoms with Gasteiger partial charge in [0.2, 0.25) is 12.3 Å². The topological polar surface area (TPSA) is 79.7 Å². The lowest BCUT2D eigenvalue weighted by molar-refractivity contribution is -0.596. The van der Waals surface area contributed by atoms with Crippen molar-refractivity contribution in [2.45, 2.75) is 12.1 Å². The first kappa shape index (κ1) is 22.4. The smallest absolute Gasteiger partial charge is 0.304 e. The lowest BCUT2D eigenvalue weighted by atomic mass is 10.00. The number of nitrogens with zero attached hydrogens (tertiary/aromatic N) is 1. The number of nitrogens with one attached hydrogen (secondary N) is 2. The van der Waals surface area contributed by atoms with E-state index >= 15 is 0 Å². The number of hydrogen-bond acceptors (Lipinski definition) is 4. The predicted octanol–water partition coefficient (Wildman–Crippen LogP) is 3.37. The van der Waals surface area contributed by atoms with Crippen molar-refractivity contribution in [2.75, 3.05) is 14.2 Å². The first-order chi connectivity index (χ1) is 16.0. The fourth-order valence-electron chi connectivity index (χ4n) is 3.75. The van der Waals surface area contributed by atoms with Crippen LogP contribution in [0.1, 0.15) is 27.5 Å². The lowest BCUT2D eigenvalue weighted by Gasteiger charge is -2.15. The highest BCUT2D eigenvalue weighted by Gasteiger charge is 2.47. The van der Waals surface area contributed by atoms with E-state index in [1.54, 1.807) is 55.5 Å². The van der Waals surface area contributed by atoms with Crippen LogP contribution in [0.25, 0.3) is 0 Å². The number of methoxy groups -OCH3 is 2. The fraction of sp³-hybridized carbons (Fsp3) is 0.160. The summed E-state index contributed by atoms with van der Waals surface area (Å²) in [5.74, 6) is 0.497. The average Bonchev–Trinajstić information content (AvgIpc) is 3.14. The highest BCUT2D eigenvalue weighted by molar-refractivity contribution is 6.30. The molecule has 8 heteroatoms. The standard InChI is InChI=1S/C25H22ClN3O4/c1-32-20-13-8-16(14-21(20)33-2)15-29-23(17-6-4-3-5-7-17)22(25(31)28-29)27-24(30)18-9-11-19(26)12-10-18/h3-15,22-23H,1-2H3,(H-,27,28,30,31)/p+1/b29-15-/t22-,23-/m0/s1. The Hall–Kier alpha value is -3.84. The summed E-state index contributed by atoms with van der Waals surface area (Å²) in [7, 11) is 3.13. The molecule has 168 valence electrons. The second kappa shape index (κ2) is 9.75. The highest BCUT2D eigenvalue weighted by atomic mass is 35.5. The van der Waals surface area contributed by atoms with Crippen LogP contribution >= 0.6 is 11.6 Å². The predicted molar refractivity (Wildman–Crippen MR) is 125 cm³/mol. The minimum Gasteiger partial charge on any atom is -0.493 e. The number of carbonyl (C=O) groups excluding carboxylic acids is 2. The molecule has 0 bridgehead atoms. The molecule has 1 aliphatic heterocycles. The maximum absolute atomic E-state index is 12.9. The van der Waals surface area contributed by atoms with Gasteiger partial charge in [-0.3, -0.25) is 9.59 Å². The third-order valence-corrected chi connectivity index (χ3v) is 5.62. The minimum absolute atomic E-state index is 0.317. The van der Waals surface area contributed by atoms with Crippen LogP contribution < -0.4 is 20.2 Å². The van der Waals surface area contributed by atoms with Gasteiger partial charge in [0.15, 0.2) is 17.5 Å². The van der Waals surface area contributed by atoms with Crippen molar-refractivity contribution in [2.24, 2.45) is 0 Å². The molecular weight excluding hydrogens is 442 g/mol. The Balaban J connectivity index is 1.69. The summed E-state index contributed by atoms with van der Waals surface area (Å²) < 4.78 is 12.4. The van der Waals surface area contributed by atoms with E-state index in [0.717, 1.165) is 11.1 Å². The molecule has 3 aromatic carbocycles. The first-order valence-corrected chi connectivity index (χ1v) is 10.6. The van der Waals surface area contributed by atoms with Crippen LogP contribution in [0.4, 0.5) is 0 Å². The van der Waals surface area contributed by atoms with Gasteiger partial charge in [0.25, 0.3) is 5.91 Å². The quantitative estimate of drug-likeness (QED) is 0.548. The maximum atomic E-state index is 12.9.